The molecule has 0 atom stereocenters. The Labute approximate surface area is 130 Å². The van der Waals surface area contributed by atoms with E-state index in [4.69, 9.17) is 4.74 Å². The monoisotopic (exact) mass is 354 g/mol. The van der Waals surface area contributed by atoms with Crippen LogP contribution in [0.5, 0.6) is 0 Å². The second kappa shape index (κ2) is 5.85. The molecule has 1 N–H and O–H groups in total. The Hall–Kier alpha value is -1.89. The van der Waals surface area contributed by atoms with E-state index in [2.05, 4.69) is 21.2 Å². The lowest BCUT2D eigenvalue weighted by Crippen LogP contribution is -2.41. The van der Waals surface area contributed by atoms with Gasteiger partial charge in [-0.15, -0.1) is 0 Å². The van der Waals surface area contributed by atoms with Crippen molar-refractivity contribution in [3.05, 3.63) is 34.3 Å². The lowest BCUT2D eigenvalue weighted by atomic mass is 10.1. The molecule has 21 heavy (non-hydrogen) atoms. The number of carbonyl (C=O) groups excluding carboxylic acids is 3. The largest absolute Gasteiger partial charge is 0.459 e. The summed E-state index contributed by atoms with van der Waals surface area (Å²) in [5.41, 5.74) is -0.169. The number of amides is 3. The molecule has 1 fully saturated rings. The maximum absolute atomic E-state index is 11.9. The maximum atomic E-state index is 11.9. The average molecular weight is 355 g/mol. The fourth-order valence-electron chi connectivity index (χ4n) is 1.93. The summed E-state index contributed by atoms with van der Waals surface area (Å²) in [4.78, 5) is 36.2. The van der Waals surface area contributed by atoms with Gasteiger partial charge in [-0.05, 0) is 31.5 Å². The molecule has 2 rings (SSSR count). The molecule has 112 valence electrons. The van der Waals surface area contributed by atoms with Gasteiger partial charge in [0, 0.05) is 4.47 Å². The standard InChI is InChI=1S/C14H15BrN2O4/c1-14(2)12(19)17(13(20)16-14)7-11(18)21-8-9-4-3-5-10(15)6-9/h3-6H,7-8H2,1-2H3,(H,16,20). The first kappa shape index (κ1) is 15.5. The minimum atomic E-state index is -0.984. The van der Waals surface area contributed by atoms with Gasteiger partial charge in [-0.2, -0.15) is 0 Å². The third-order valence-electron chi connectivity index (χ3n) is 3.02. The molecule has 0 aromatic heterocycles. The first-order valence-electron chi connectivity index (χ1n) is 6.34. The Morgan fingerprint density at radius 2 is 2.10 bits per heavy atom. The molecular formula is C14H15BrN2O4. The number of rotatable bonds is 4. The normalized spacial score (nSPS) is 16.8. The van der Waals surface area contributed by atoms with Gasteiger partial charge in [0.25, 0.3) is 5.91 Å². The summed E-state index contributed by atoms with van der Waals surface area (Å²) in [6, 6.07) is 6.75. The van der Waals surface area contributed by atoms with E-state index in [9.17, 15) is 14.4 Å². The van der Waals surface area contributed by atoms with Crippen LogP contribution in [0.25, 0.3) is 0 Å². The number of nitrogens with zero attached hydrogens (tertiary/aromatic N) is 1. The van der Waals surface area contributed by atoms with E-state index in [1.807, 2.05) is 24.3 Å². The number of benzene rings is 1. The van der Waals surface area contributed by atoms with Gasteiger partial charge in [0.1, 0.15) is 18.7 Å². The van der Waals surface area contributed by atoms with E-state index < -0.39 is 23.4 Å². The Kier molecular flexibility index (Phi) is 4.32. The van der Waals surface area contributed by atoms with Crippen LogP contribution in [0.4, 0.5) is 4.79 Å². The summed E-state index contributed by atoms with van der Waals surface area (Å²) >= 11 is 3.32. The van der Waals surface area contributed by atoms with Gasteiger partial charge < -0.3 is 10.1 Å². The Morgan fingerprint density at radius 3 is 2.67 bits per heavy atom. The van der Waals surface area contributed by atoms with E-state index in [1.165, 1.54) is 0 Å². The quantitative estimate of drug-likeness (QED) is 0.660. The SMILES string of the molecule is CC1(C)NC(=O)N(CC(=O)OCc2cccc(Br)c2)C1=O. The second-order valence-electron chi connectivity index (χ2n) is 5.24. The van der Waals surface area contributed by atoms with Crippen molar-refractivity contribution in [2.75, 3.05) is 6.54 Å². The molecule has 1 aliphatic heterocycles. The highest BCUT2D eigenvalue weighted by molar-refractivity contribution is 9.10. The molecule has 0 radical (unpaired) electrons. The molecule has 0 aliphatic carbocycles. The third kappa shape index (κ3) is 3.60. The first-order valence-corrected chi connectivity index (χ1v) is 7.13. The van der Waals surface area contributed by atoms with Crippen LogP contribution in [-0.2, 0) is 20.9 Å². The maximum Gasteiger partial charge on any atom is 0.326 e. The molecule has 1 heterocycles. The molecule has 1 aliphatic rings. The van der Waals surface area contributed by atoms with Crippen molar-refractivity contribution in [1.82, 2.24) is 10.2 Å². The van der Waals surface area contributed by atoms with E-state index >= 15 is 0 Å². The topological polar surface area (TPSA) is 75.7 Å². The number of esters is 1. The van der Waals surface area contributed by atoms with Crippen molar-refractivity contribution >= 4 is 33.8 Å². The zero-order chi connectivity index (χ0) is 15.6. The van der Waals surface area contributed by atoms with Gasteiger partial charge in [-0.1, -0.05) is 28.1 Å². The molecule has 3 amide bonds. The lowest BCUT2D eigenvalue weighted by Gasteiger charge is -2.15. The summed E-state index contributed by atoms with van der Waals surface area (Å²) in [5, 5.41) is 2.50. The minimum absolute atomic E-state index is 0.0886. The molecule has 1 saturated heterocycles. The van der Waals surface area contributed by atoms with Crippen molar-refractivity contribution in [3.8, 4) is 0 Å². The molecule has 6 nitrogen and oxygen atoms in total. The van der Waals surface area contributed by atoms with Crippen LogP contribution in [0.15, 0.2) is 28.7 Å². The predicted octanol–water partition coefficient (Wildman–Crippen LogP) is 1.82. The fourth-order valence-corrected chi connectivity index (χ4v) is 2.37. The van der Waals surface area contributed by atoms with Gasteiger partial charge in [0.05, 0.1) is 0 Å². The smallest absolute Gasteiger partial charge is 0.326 e. The summed E-state index contributed by atoms with van der Waals surface area (Å²) < 4.78 is 5.96. The predicted molar refractivity (Wildman–Crippen MR) is 78.3 cm³/mol. The number of ether oxygens (including phenoxy) is 1. The first-order chi connectivity index (χ1) is 9.79. The van der Waals surface area contributed by atoms with Gasteiger partial charge in [-0.25, -0.2) is 4.79 Å². The Morgan fingerprint density at radius 1 is 1.38 bits per heavy atom. The van der Waals surface area contributed by atoms with E-state index in [1.54, 1.807) is 13.8 Å². The van der Waals surface area contributed by atoms with Gasteiger partial charge in [0.2, 0.25) is 0 Å². The molecule has 0 unspecified atom stereocenters. The Balaban J connectivity index is 1.91. The number of carbonyl (C=O) groups is 3. The summed E-state index contributed by atoms with van der Waals surface area (Å²) in [6.45, 7) is 2.87. The van der Waals surface area contributed by atoms with Crippen LogP contribution in [0.3, 0.4) is 0 Å². The number of hydrogen-bond acceptors (Lipinski definition) is 4. The number of urea groups is 1. The van der Waals surface area contributed by atoms with Crippen molar-refractivity contribution in [3.63, 3.8) is 0 Å². The zero-order valence-corrected chi connectivity index (χ0v) is 13.3. The third-order valence-corrected chi connectivity index (χ3v) is 3.51. The lowest BCUT2D eigenvalue weighted by molar-refractivity contribution is -0.148. The minimum Gasteiger partial charge on any atom is -0.459 e. The number of imide groups is 1. The molecule has 0 bridgehead atoms. The van der Waals surface area contributed by atoms with Gasteiger partial charge >= 0.3 is 12.0 Å². The van der Waals surface area contributed by atoms with Crippen LogP contribution in [0.1, 0.15) is 19.4 Å². The van der Waals surface area contributed by atoms with Gasteiger partial charge in [0.15, 0.2) is 0 Å². The molecule has 0 saturated carbocycles. The number of halogens is 1. The van der Waals surface area contributed by atoms with Crippen molar-refractivity contribution in [1.29, 1.82) is 0 Å². The van der Waals surface area contributed by atoms with Gasteiger partial charge in [-0.3, -0.25) is 14.5 Å². The molecular weight excluding hydrogens is 340 g/mol. The zero-order valence-electron chi connectivity index (χ0n) is 11.7. The second-order valence-corrected chi connectivity index (χ2v) is 6.15. The van der Waals surface area contributed by atoms with Crippen LogP contribution in [0, 0.1) is 0 Å². The molecule has 7 heteroatoms. The van der Waals surface area contributed by atoms with Crippen LogP contribution in [0.2, 0.25) is 0 Å². The van der Waals surface area contributed by atoms with E-state index in [-0.39, 0.29) is 13.2 Å². The highest BCUT2D eigenvalue weighted by Crippen LogP contribution is 2.17. The van der Waals surface area contributed by atoms with Crippen molar-refractivity contribution < 1.29 is 19.1 Å². The Bertz CT molecular complexity index is 600. The van der Waals surface area contributed by atoms with E-state index in [0.717, 1.165) is 14.9 Å². The number of hydrogen-bond donors (Lipinski definition) is 1. The van der Waals surface area contributed by atoms with Crippen LogP contribution < -0.4 is 5.32 Å². The highest BCUT2D eigenvalue weighted by Gasteiger charge is 2.45. The van der Waals surface area contributed by atoms with Crippen molar-refractivity contribution in [2.45, 2.75) is 26.0 Å². The molecule has 1 aromatic carbocycles. The molecule has 1 aromatic rings. The van der Waals surface area contributed by atoms with Crippen LogP contribution >= 0.6 is 15.9 Å². The van der Waals surface area contributed by atoms with Crippen LogP contribution in [-0.4, -0.2) is 34.9 Å². The van der Waals surface area contributed by atoms with Crippen molar-refractivity contribution in [2.24, 2.45) is 0 Å². The summed E-state index contributed by atoms with van der Waals surface area (Å²) in [7, 11) is 0. The molecule has 0 spiro atoms. The average Bonchev–Trinajstić information content (AvgIpc) is 2.59. The summed E-state index contributed by atoms with van der Waals surface area (Å²) in [5.74, 6) is -1.07. The highest BCUT2D eigenvalue weighted by atomic mass is 79.9. The van der Waals surface area contributed by atoms with E-state index in [0.29, 0.717) is 0 Å². The number of nitrogens with one attached hydrogen (secondary N) is 1. The summed E-state index contributed by atoms with van der Waals surface area (Å²) in [6.07, 6.45) is 0. The fraction of sp³-hybridized carbons (Fsp3) is 0.357.